The minimum atomic E-state index is -0.348. The number of halogens is 1. The second-order valence-corrected chi connectivity index (χ2v) is 3.90. The molecule has 0 aliphatic rings. The van der Waals surface area contributed by atoms with E-state index in [2.05, 4.69) is 30.4 Å². The second-order valence-electron chi connectivity index (χ2n) is 3.56. The average molecular weight is 283 g/mol. The second kappa shape index (κ2) is 6.05. The van der Waals surface area contributed by atoms with Crippen molar-refractivity contribution in [2.75, 3.05) is 11.9 Å². The van der Waals surface area contributed by atoms with Crippen LogP contribution in [0.5, 0.6) is 0 Å². The molecule has 0 atom stereocenters. The third-order valence-electron chi connectivity index (χ3n) is 2.10. The standard InChI is InChI=1S/C9H11ClN8O/c10-7-15-8(13-3-1-2-6(11)19)17-9(16-7)18-5-12-4-14-18/h4-5H,1-3H2,(H2,11,19)(H,13,15,16,17). The highest BCUT2D eigenvalue weighted by Crippen LogP contribution is 2.08. The van der Waals surface area contributed by atoms with Gasteiger partial charge in [-0.1, -0.05) is 0 Å². The molecule has 0 spiro atoms. The van der Waals surface area contributed by atoms with Crippen molar-refractivity contribution in [3.05, 3.63) is 17.9 Å². The quantitative estimate of drug-likeness (QED) is 0.702. The van der Waals surface area contributed by atoms with Crippen molar-refractivity contribution in [3.63, 3.8) is 0 Å². The number of rotatable bonds is 6. The van der Waals surface area contributed by atoms with Crippen molar-refractivity contribution in [1.29, 1.82) is 0 Å². The molecule has 10 heteroatoms. The Morgan fingerprint density at radius 2 is 2.26 bits per heavy atom. The van der Waals surface area contributed by atoms with Gasteiger partial charge in [0.25, 0.3) is 5.95 Å². The number of anilines is 1. The molecule has 0 radical (unpaired) electrons. The van der Waals surface area contributed by atoms with Crippen LogP contribution in [0.2, 0.25) is 5.28 Å². The van der Waals surface area contributed by atoms with E-state index in [0.717, 1.165) is 0 Å². The van der Waals surface area contributed by atoms with E-state index in [4.69, 9.17) is 17.3 Å². The molecular formula is C9H11ClN8O. The van der Waals surface area contributed by atoms with Gasteiger partial charge in [0.05, 0.1) is 0 Å². The topological polar surface area (TPSA) is 125 Å². The van der Waals surface area contributed by atoms with Crippen LogP contribution in [0.15, 0.2) is 12.7 Å². The summed E-state index contributed by atoms with van der Waals surface area (Å²) in [5, 5.41) is 6.86. The van der Waals surface area contributed by atoms with E-state index in [1.165, 1.54) is 17.3 Å². The fourth-order valence-corrected chi connectivity index (χ4v) is 1.45. The van der Waals surface area contributed by atoms with E-state index in [1.54, 1.807) is 0 Å². The number of primary amides is 1. The molecule has 0 aromatic carbocycles. The van der Waals surface area contributed by atoms with E-state index < -0.39 is 0 Å². The van der Waals surface area contributed by atoms with Crippen molar-refractivity contribution in [1.82, 2.24) is 29.7 Å². The Labute approximate surface area is 113 Å². The summed E-state index contributed by atoms with van der Waals surface area (Å²) < 4.78 is 1.36. The first-order chi connectivity index (χ1) is 9.15. The highest BCUT2D eigenvalue weighted by Gasteiger charge is 2.07. The summed E-state index contributed by atoms with van der Waals surface area (Å²) in [4.78, 5) is 26.3. The summed E-state index contributed by atoms with van der Waals surface area (Å²) in [5.74, 6) is 0.212. The Morgan fingerprint density at radius 3 is 2.95 bits per heavy atom. The maximum absolute atomic E-state index is 10.6. The van der Waals surface area contributed by atoms with Crippen LogP contribution in [0.4, 0.5) is 5.95 Å². The zero-order valence-electron chi connectivity index (χ0n) is 9.82. The van der Waals surface area contributed by atoms with E-state index in [0.29, 0.717) is 25.3 Å². The summed E-state index contributed by atoms with van der Waals surface area (Å²) in [6, 6.07) is 0. The third-order valence-corrected chi connectivity index (χ3v) is 2.27. The van der Waals surface area contributed by atoms with Gasteiger partial charge in [-0.05, 0) is 18.0 Å². The number of hydrogen-bond donors (Lipinski definition) is 2. The highest BCUT2D eigenvalue weighted by molar-refractivity contribution is 6.28. The van der Waals surface area contributed by atoms with Gasteiger partial charge in [-0.25, -0.2) is 4.98 Å². The van der Waals surface area contributed by atoms with Crippen molar-refractivity contribution in [3.8, 4) is 5.95 Å². The number of nitrogens with two attached hydrogens (primary N) is 1. The molecule has 1 amide bonds. The Kier molecular flexibility index (Phi) is 4.18. The van der Waals surface area contributed by atoms with Gasteiger partial charge in [0, 0.05) is 13.0 Å². The lowest BCUT2D eigenvalue weighted by Gasteiger charge is -2.05. The Morgan fingerprint density at radius 1 is 1.42 bits per heavy atom. The third kappa shape index (κ3) is 3.85. The van der Waals surface area contributed by atoms with E-state index in [1.807, 2.05) is 0 Å². The molecule has 100 valence electrons. The monoisotopic (exact) mass is 282 g/mol. The number of carbonyl (C=O) groups is 1. The van der Waals surface area contributed by atoms with Gasteiger partial charge in [-0.15, -0.1) is 0 Å². The maximum atomic E-state index is 10.6. The number of amides is 1. The van der Waals surface area contributed by atoms with E-state index >= 15 is 0 Å². The molecule has 0 aliphatic carbocycles. The summed E-state index contributed by atoms with van der Waals surface area (Å²) in [5.41, 5.74) is 5.04. The molecule has 0 saturated heterocycles. The molecule has 3 N–H and O–H groups in total. The normalized spacial score (nSPS) is 10.4. The van der Waals surface area contributed by atoms with Crippen LogP contribution in [0.3, 0.4) is 0 Å². The smallest absolute Gasteiger partial charge is 0.258 e. The van der Waals surface area contributed by atoms with Gasteiger partial charge < -0.3 is 11.1 Å². The molecule has 0 aliphatic heterocycles. The largest absolute Gasteiger partial charge is 0.370 e. The summed E-state index contributed by atoms with van der Waals surface area (Å²) in [7, 11) is 0. The van der Waals surface area contributed by atoms with Crippen molar-refractivity contribution < 1.29 is 4.79 Å². The highest BCUT2D eigenvalue weighted by atomic mass is 35.5. The van der Waals surface area contributed by atoms with Gasteiger partial charge in [0.15, 0.2) is 0 Å². The SMILES string of the molecule is NC(=O)CCCNc1nc(Cl)nc(-n2cncn2)n1. The van der Waals surface area contributed by atoms with Crippen LogP contribution in [0.25, 0.3) is 5.95 Å². The predicted molar refractivity (Wildman–Crippen MR) is 66.7 cm³/mol. The lowest BCUT2D eigenvalue weighted by atomic mass is 10.3. The fraction of sp³-hybridized carbons (Fsp3) is 0.333. The maximum Gasteiger partial charge on any atom is 0.258 e. The zero-order chi connectivity index (χ0) is 13.7. The number of nitrogens with one attached hydrogen (secondary N) is 1. The van der Waals surface area contributed by atoms with Crippen molar-refractivity contribution >= 4 is 23.5 Å². The minimum absolute atomic E-state index is 0.0397. The van der Waals surface area contributed by atoms with Gasteiger partial charge in [-0.3, -0.25) is 4.79 Å². The molecule has 0 unspecified atom stereocenters. The average Bonchev–Trinajstić information content (AvgIpc) is 2.87. The molecule has 2 rings (SSSR count). The molecule has 0 saturated carbocycles. The summed E-state index contributed by atoms with van der Waals surface area (Å²) in [6.07, 6.45) is 3.68. The summed E-state index contributed by atoms with van der Waals surface area (Å²) >= 11 is 5.79. The van der Waals surface area contributed by atoms with E-state index in [9.17, 15) is 4.79 Å². The van der Waals surface area contributed by atoms with Crippen LogP contribution in [-0.2, 0) is 4.79 Å². The first-order valence-electron chi connectivity index (χ1n) is 5.44. The lowest BCUT2D eigenvalue weighted by Crippen LogP contribution is -2.14. The van der Waals surface area contributed by atoms with Gasteiger partial charge in [0.1, 0.15) is 12.7 Å². The number of hydrogen-bond acceptors (Lipinski definition) is 7. The molecule has 2 aromatic rings. The molecule has 9 nitrogen and oxygen atoms in total. The predicted octanol–water partition coefficient (Wildman–Crippen LogP) is -0.217. The van der Waals surface area contributed by atoms with Crippen LogP contribution in [-0.4, -0.2) is 42.2 Å². The Balaban J connectivity index is 2.03. The van der Waals surface area contributed by atoms with Crippen LogP contribution >= 0.6 is 11.6 Å². The number of nitrogens with zero attached hydrogens (tertiary/aromatic N) is 6. The van der Waals surface area contributed by atoms with Crippen LogP contribution < -0.4 is 11.1 Å². The van der Waals surface area contributed by atoms with Crippen molar-refractivity contribution in [2.24, 2.45) is 5.73 Å². The van der Waals surface area contributed by atoms with Crippen molar-refractivity contribution in [2.45, 2.75) is 12.8 Å². The molecule has 2 heterocycles. The lowest BCUT2D eigenvalue weighted by molar-refractivity contribution is -0.118. The van der Waals surface area contributed by atoms with Gasteiger partial charge >= 0.3 is 0 Å². The molecule has 2 aromatic heterocycles. The first kappa shape index (κ1) is 13.1. The van der Waals surface area contributed by atoms with E-state index in [-0.39, 0.29) is 17.1 Å². The Bertz CT molecular complexity index is 557. The molecule has 0 bridgehead atoms. The zero-order valence-corrected chi connectivity index (χ0v) is 10.6. The summed E-state index contributed by atoms with van der Waals surface area (Å²) in [6.45, 7) is 0.500. The number of aromatic nitrogens is 6. The molecule has 19 heavy (non-hydrogen) atoms. The number of carbonyl (C=O) groups excluding carboxylic acids is 1. The molecule has 0 fully saturated rings. The minimum Gasteiger partial charge on any atom is -0.370 e. The fourth-order valence-electron chi connectivity index (χ4n) is 1.30. The van der Waals surface area contributed by atoms with Crippen LogP contribution in [0, 0.1) is 0 Å². The van der Waals surface area contributed by atoms with Gasteiger partial charge in [-0.2, -0.15) is 24.7 Å². The molecular weight excluding hydrogens is 272 g/mol. The Hall–Kier alpha value is -2.29. The van der Waals surface area contributed by atoms with Crippen LogP contribution in [0.1, 0.15) is 12.8 Å². The first-order valence-corrected chi connectivity index (χ1v) is 5.81. The van der Waals surface area contributed by atoms with Gasteiger partial charge in [0.2, 0.25) is 17.1 Å².